The van der Waals surface area contributed by atoms with E-state index in [1.54, 1.807) is 7.11 Å². The molecule has 220 valence electrons. The Hall–Kier alpha value is -2.55. The number of nitrogens with zero attached hydrogens (tertiary/aromatic N) is 2. The maximum Gasteiger partial charge on any atom is 0.254 e. The Morgan fingerprint density at radius 2 is 1.76 bits per heavy atom. The second kappa shape index (κ2) is 9.48. The van der Waals surface area contributed by atoms with Crippen LogP contribution in [0.25, 0.3) is 0 Å². The lowest BCUT2D eigenvalue weighted by Gasteiger charge is -2.47. The van der Waals surface area contributed by atoms with Gasteiger partial charge in [-0.2, -0.15) is 0 Å². The van der Waals surface area contributed by atoms with Crippen LogP contribution in [0.4, 0.5) is 0 Å². The van der Waals surface area contributed by atoms with Crippen molar-refractivity contribution in [1.29, 1.82) is 0 Å². The van der Waals surface area contributed by atoms with Gasteiger partial charge in [0.05, 0.1) is 23.2 Å². The number of hydrogen-bond acceptors (Lipinski definition) is 6. The summed E-state index contributed by atoms with van der Waals surface area (Å²) in [4.78, 5) is 34.2. The molecule has 0 radical (unpaired) electrons. The van der Waals surface area contributed by atoms with Crippen LogP contribution in [0.2, 0.25) is 5.02 Å². The Balaban J connectivity index is 1.16. The zero-order valence-corrected chi connectivity index (χ0v) is 25.5. The summed E-state index contributed by atoms with van der Waals surface area (Å²) in [5, 5.41) is 0.527. The van der Waals surface area contributed by atoms with Crippen molar-refractivity contribution in [3.05, 3.63) is 55.0 Å². The topological polar surface area (TPSA) is 84.1 Å². The van der Waals surface area contributed by atoms with Crippen LogP contribution in [0.1, 0.15) is 83.8 Å². The number of benzene rings is 1. The van der Waals surface area contributed by atoms with Gasteiger partial charge >= 0.3 is 0 Å². The van der Waals surface area contributed by atoms with Gasteiger partial charge in [-0.3, -0.25) is 14.5 Å². The van der Waals surface area contributed by atoms with Crippen LogP contribution in [-0.4, -0.2) is 65.4 Å². The Bertz CT molecular complexity index is 1490. The van der Waals surface area contributed by atoms with Crippen molar-refractivity contribution in [1.82, 2.24) is 14.8 Å². The number of ether oxygens (including phenoxy) is 3. The van der Waals surface area contributed by atoms with Crippen molar-refractivity contribution < 1.29 is 19.0 Å². The SMILES string of the molecule is COC1CN(C2CCC([C@@]3(C)Oc4c(C)c5c(c(Cl)c4O3)C3(CC3)CN(Cc3c(C)cc(C)[nH]c3=O)C5=O)CC2)C1. The molecular weight excluding hydrogens is 542 g/mol. The molecule has 3 aliphatic heterocycles. The fourth-order valence-electron chi connectivity index (χ4n) is 7.88. The van der Waals surface area contributed by atoms with Gasteiger partial charge in [-0.1, -0.05) is 11.6 Å². The number of methoxy groups -OCH3 is 1. The summed E-state index contributed by atoms with van der Waals surface area (Å²) in [6.07, 6.45) is 6.52. The third-order valence-electron chi connectivity index (χ3n) is 10.6. The standard InChI is InChI=1S/C32H40ClN3O5/c1-17-12-18(2)34-29(37)23(17)15-36-16-32(10-11-32)25-24(30(36)38)19(3)27-28(26(25)33)41-31(4,40-27)20-6-8-21(9-7-20)35-13-22(14-35)39-5/h12,20-22H,6-11,13-16H2,1-5H3,(H,34,37)/t20?,21?,31-/m0/s1. The van der Waals surface area contributed by atoms with E-state index in [1.807, 2.05) is 38.7 Å². The van der Waals surface area contributed by atoms with Crippen LogP contribution in [-0.2, 0) is 16.7 Å². The molecule has 4 heterocycles. The van der Waals surface area contributed by atoms with E-state index in [9.17, 15) is 9.59 Å². The Morgan fingerprint density at radius 1 is 1.07 bits per heavy atom. The van der Waals surface area contributed by atoms with Gasteiger partial charge in [0.15, 0.2) is 11.5 Å². The molecule has 7 rings (SSSR count). The molecule has 2 saturated carbocycles. The van der Waals surface area contributed by atoms with Gasteiger partial charge in [0.1, 0.15) is 0 Å². The van der Waals surface area contributed by atoms with E-state index in [0.717, 1.165) is 74.0 Å². The molecule has 1 amide bonds. The average Bonchev–Trinajstić information content (AvgIpc) is 3.57. The smallest absolute Gasteiger partial charge is 0.254 e. The van der Waals surface area contributed by atoms with Crippen LogP contribution in [0, 0.1) is 26.7 Å². The van der Waals surface area contributed by atoms with E-state index in [1.165, 1.54) is 0 Å². The molecule has 9 heteroatoms. The van der Waals surface area contributed by atoms with Crippen LogP contribution in [0.15, 0.2) is 10.9 Å². The minimum atomic E-state index is -0.818. The number of amides is 1. The van der Waals surface area contributed by atoms with E-state index in [4.69, 9.17) is 25.8 Å². The summed E-state index contributed by atoms with van der Waals surface area (Å²) in [5.74, 6) is 0.509. The van der Waals surface area contributed by atoms with Crippen LogP contribution in [0.3, 0.4) is 0 Å². The highest BCUT2D eigenvalue weighted by atomic mass is 35.5. The number of pyridine rings is 1. The maximum absolute atomic E-state index is 14.1. The molecule has 1 N–H and O–H groups in total. The molecule has 1 aromatic carbocycles. The minimum absolute atomic E-state index is 0.0966. The molecule has 2 aliphatic carbocycles. The largest absolute Gasteiger partial charge is 0.448 e. The highest BCUT2D eigenvalue weighted by molar-refractivity contribution is 6.34. The molecule has 41 heavy (non-hydrogen) atoms. The van der Waals surface area contributed by atoms with Crippen molar-refractivity contribution in [2.45, 2.75) is 96.1 Å². The van der Waals surface area contributed by atoms with Crippen LogP contribution >= 0.6 is 11.6 Å². The Morgan fingerprint density at radius 3 is 2.39 bits per heavy atom. The molecule has 8 nitrogen and oxygen atoms in total. The quantitative estimate of drug-likeness (QED) is 0.534. The number of hydrogen-bond donors (Lipinski definition) is 1. The van der Waals surface area contributed by atoms with Gasteiger partial charge in [-0.05, 0) is 76.5 Å². The lowest BCUT2D eigenvalue weighted by Crippen LogP contribution is -2.57. The number of likely N-dealkylation sites (tertiary alicyclic amines) is 1. The number of H-pyrrole nitrogens is 1. The molecular formula is C32H40ClN3O5. The van der Waals surface area contributed by atoms with Gasteiger partial charge in [-0.15, -0.1) is 0 Å². The summed E-state index contributed by atoms with van der Waals surface area (Å²) >= 11 is 7.15. The first kappa shape index (κ1) is 27.3. The number of carbonyl (C=O) groups is 1. The fraction of sp³-hybridized carbons (Fsp3) is 0.625. The maximum atomic E-state index is 14.1. The second-order valence-electron chi connectivity index (χ2n) is 13.3. The lowest BCUT2D eigenvalue weighted by molar-refractivity contribution is -0.130. The third-order valence-corrected chi connectivity index (χ3v) is 10.9. The highest BCUT2D eigenvalue weighted by Gasteiger charge is 2.56. The first-order valence-corrected chi connectivity index (χ1v) is 15.4. The summed E-state index contributed by atoms with van der Waals surface area (Å²) in [7, 11) is 1.79. The van der Waals surface area contributed by atoms with E-state index < -0.39 is 5.79 Å². The van der Waals surface area contributed by atoms with E-state index in [2.05, 4.69) is 9.88 Å². The third kappa shape index (κ3) is 4.23. The van der Waals surface area contributed by atoms with Gasteiger partial charge in [0.25, 0.3) is 17.3 Å². The minimum Gasteiger partial charge on any atom is -0.448 e. The predicted octanol–water partition coefficient (Wildman–Crippen LogP) is 5.02. The summed E-state index contributed by atoms with van der Waals surface area (Å²) in [6.45, 7) is 10.7. The van der Waals surface area contributed by atoms with Crippen molar-refractivity contribution >= 4 is 17.5 Å². The number of carbonyl (C=O) groups excluding carboxylic acids is 1. The highest BCUT2D eigenvalue weighted by Crippen LogP contribution is 2.61. The molecule has 0 unspecified atom stereocenters. The van der Waals surface area contributed by atoms with Crippen molar-refractivity contribution in [3.63, 3.8) is 0 Å². The fourth-order valence-corrected chi connectivity index (χ4v) is 8.30. The second-order valence-corrected chi connectivity index (χ2v) is 13.6. The van der Waals surface area contributed by atoms with Gasteiger partial charge in [0.2, 0.25) is 0 Å². The first-order chi connectivity index (χ1) is 19.5. The number of halogens is 1. The first-order valence-electron chi connectivity index (χ1n) is 15.0. The Labute approximate surface area is 246 Å². The van der Waals surface area contributed by atoms with Gasteiger partial charge in [-0.25, -0.2) is 0 Å². The van der Waals surface area contributed by atoms with Crippen molar-refractivity contribution in [2.75, 3.05) is 26.7 Å². The molecule has 1 atom stereocenters. The molecule has 1 spiro atoms. The molecule has 5 aliphatic rings. The predicted molar refractivity (Wildman–Crippen MR) is 156 cm³/mol. The van der Waals surface area contributed by atoms with Crippen LogP contribution < -0.4 is 15.0 Å². The summed E-state index contributed by atoms with van der Waals surface area (Å²) < 4.78 is 18.8. The number of nitrogens with one attached hydrogen (secondary N) is 1. The summed E-state index contributed by atoms with van der Waals surface area (Å²) in [5.41, 5.74) is 4.33. The molecule has 1 saturated heterocycles. The van der Waals surface area contributed by atoms with Gasteiger partial charge < -0.3 is 24.1 Å². The molecule has 1 aromatic heterocycles. The normalized spacial score (nSPS) is 28.6. The van der Waals surface area contributed by atoms with Gasteiger partial charge in [0, 0.05) is 67.9 Å². The molecule has 0 bridgehead atoms. The Kier molecular flexibility index (Phi) is 6.31. The average molecular weight is 582 g/mol. The zero-order chi connectivity index (χ0) is 28.8. The van der Waals surface area contributed by atoms with Crippen LogP contribution in [0.5, 0.6) is 11.5 Å². The number of rotatable bonds is 5. The van der Waals surface area contributed by atoms with Crippen molar-refractivity contribution in [2.24, 2.45) is 5.92 Å². The van der Waals surface area contributed by atoms with Crippen molar-refractivity contribution in [3.8, 4) is 11.5 Å². The number of aromatic amines is 1. The van der Waals surface area contributed by atoms with E-state index in [-0.39, 0.29) is 29.3 Å². The number of aryl methyl sites for hydroxylation is 2. The zero-order valence-electron chi connectivity index (χ0n) is 24.7. The van der Waals surface area contributed by atoms with E-state index >= 15 is 0 Å². The van der Waals surface area contributed by atoms with E-state index in [0.29, 0.717) is 46.3 Å². The lowest BCUT2D eigenvalue weighted by atomic mass is 9.80. The number of aromatic nitrogens is 1. The molecule has 3 fully saturated rings. The monoisotopic (exact) mass is 581 g/mol. The number of fused-ring (bicyclic) bond motifs is 3. The summed E-state index contributed by atoms with van der Waals surface area (Å²) in [6, 6.07) is 2.55. The molecule has 2 aromatic rings.